The highest BCUT2D eigenvalue weighted by Gasteiger charge is 2.21. The normalized spacial score (nSPS) is 18.2. The molecule has 2 aromatic heterocycles. The van der Waals surface area contributed by atoms with Gasteiger partial charge in [-0.25, -0.2) is 9.97 Å². The smallest absolute Gasteiger partial charge is 0.251 e. The molecular formula is C15H18N4O2. The first-order valence-electron chi connectivity index (χ1n) is 7.15. The minimum absolute atomic E-state index is 0.149. The van der Waals surface area contributed by atoms with E-state index in [0.717, 1.165) is 30.0 Å². The molecule has 3 heterocycles. The van der Waals surface area contributed by atoms with Crippen LogP contribution in [-0.4, -0.2) is 39.3 Å². The van der Waals surface area contributed by atoms with Crippen molar-refractivity contribution in [2.45, 2.75) is 25.9 Å². The number of aromatic amines is 1. The zero-order chi connectivity index (χ0) is 14.8. The molecule has 1 aliphatic rings. The van der Waals surface area contributed by atoms with Gasteiger partial charge in [0, 0.05) is 36.6 Å². The summed E-state index contributed by atoms with van der Waals surface area (Å²) in [5.41, 5.74) is 1.40. The van der Waals surface area contributed by atoms with Crippen LogP contribution in [0, 0.1) is 0 Å². The number of anilines is 1. The highest BCUT2D eigenvalue weighted by atomic mass is 16.3. The summed E-state index contributed by atoms with van der Waals surface area (Å²) >= 11 is 0. The molecule has 1 fully saturated rings. The van der Waals surface area contributed by atoms with E-state index in [1.165, 1.54) is 6.07 Å². The van der Waals surface area contributed by atoms with Crippen LogP contribution in [0.2, 0.25) is 0 Å². The fraction of sp³-hybridized carbons (Fsp3) is 0.400. The van der Waals surface area contributed by atoms with Gasteiger partial charge in [-0.3, -0.25) is 4.79 Å². The summed E-state index contributed by atoms with van der Waals surface area (Å²) in [6.45, 7) is 3.40. The molecule has 1 saturated heterocycles. The number of aliphatic hydroxyl groups excluding tert-OH is 1. The molecule has 0 radical (unpaired) electrons. The van der Waals surface area contributed by atoms with Crippen molar-refractivity contribution in [3.05, 3.63) is 40.4 Å². The third-order valence-electron chi connectivity index (χ3n) is 3.67. The lowest BCUT2D eigenvalue weighted by Crippen LogP contribution is -2.22. The number of aryl methyl sites for hydroxylation is 1. The second-order valence-electron chi connectivity index (χ2n) is 5.23. The summed E-state index contributed by atoms with van der Waals surface area (Å²) in [4.78, 5) is 25.2. The number of H-pyrrole nitrogens is 1. The van der Waals surface area contributed by atoms with E-state index in [-0.39, 0.29) is 11.7 Å². The highest BCUT2D eigenvalue weighted by molar-refractivity contribution is 5.56. The van der Waals surface area contributed by atoms with Gasteiger partial charge in [0.15, 0.2) is 0 Å². The Morgan fingerprint density at radius 2 is 2.33 bits per heavy atom. The maximum Gasteiger partial charge on any atom is 0.251 e. The standard InChI is InChI=1S/C15H18N4O2/c1-2-11-7-14(21)18-15(17-11)10-3-4-13(16-8-10)19-6-5-12(20)9-19/h3-4,7-8,12,20H,2,5-6,9H2,1H3,(H,17,18,21)/t12-/m0/s1. The van der Waals surface area contributed by atoms with Gasteiger partial charge in [0.2, 0.25) is 0 Å². The molecule has 0 aromatic carbocycles. The maximum atomic E-state index is 11.6. The van der Waals surface area contributed by atoms with Crippen molar-refractivity contribution < 1.29 is 5.11 Å². The number of nitrogens with zero attached hydrogens (tertiary/aromatic N) is 3. The Hall–Kier alpha value is -2.21. The maximum absolute atomic E-state index is 11.6. The number of hydrogen-bond donors (Lipinski definition) is 2. The number of pyridine rings is 1. The molecule has 2 N–H and O–H groups in total. The third kappa shape index (κ3) is 2.95. The van der Waals surface area contributed by atoms with Crippen LogP contribution in [0.3, 0.4) is 0 Å². The quantitative estimate of drug-likeness (QED) is 0.878. The highest BCUT2D eigenvalue weighted by Crippen LogP contribution is 2.20. The topological polar surface area (TPSA) is 82.1 Å². The molecule has 110 valence electrons. The summed E-state index contributed by atoms with van der Waals surface area (Å²) in [6.07, 6.45) is 2.92. The second kappa shape index (κ2) is 5.65. The van der Waals surface area contributed by atoms with E-state index in [1.54, 1.807) is 6.20 Å². The first-order chi connectivity index (χ1) is 10.2. The van der Waals surface area contributed by atoms with Gasteiger partial charge in [-0.15, -0.1) is 0 Å². The van der Waals surface area contributed by atoms with Gasteiger partial charge in [-0.2, -0.15) is 0 Å². The zero-order valence-corrected chi connectivity index (χ0v) is 11.9. The minimum Gasteiger partial charge on any atom is -0.391 e. The zero-order valence-electron chi connectivity index (χ0n) is 11.9. The summed E-state index contributed by atoms with van der Waals surface area (Å²) in [6, 6.07) is 5.30. The van der Waals surface area contributed by atoms with Crippen LogP contribution in [0.1, 0.15) is 19.0 Å². The molecule has 3 rings (SSSR count). The number of rotatable bonds is 3. The molecule has 0 amide bonds. The van der Waals surface area contributed by atoms with E-state index in [2.05, 4.69) is 15.0 Å². The Balaban J connectivity index is 1.87. The van der Waals surface area contributed by atoms with Crippen molar-refractivity contribution in [1.29, 1.82) is 0 Å². The molecule has 1 atom stereocenters. The van der Waals surface area contributed by atoms with Crippen LogP contribution in [0.4, 0.5) is 5.82 Å². The lowest BCUT2D eigenvalue weighted by molar-refractivity contribution is 0.198. The number of β-amino-alcohol motifs (C(OH)–C–C–N with tert-alkyl or cyclic N) is 1. The average Bonchev–Trinajstić information content (AvgIpc) is 2.93. The molecular weight excluding hydrogens is 268 g/mol. The van der Waals surface area contributed by atoms with Crippen LogP contribution in [0.5, 0.6) is 0 Å². The lowest BCUT2D eigenvalue weighted by atomic mass is 10.2. The molecule has 1 aliphatic heterocycles. The van der Waals surface area contributed by atoms with Crippen LogP contribution >= 0.6 is 0 Å². The number of aliphatic hydroxyl groups is 1. The number of aromatic nitrogens is 3. The molecule has 0 spiro atoms. The first kappa shape index (κ1) is 13.8. The van der Waals surface area contributed by atoms with Crippen molar-refractivity contribution in [2.75, 3.05) is 18.0 Å². The molecule has 6 nitrogen and oxygen atoms in total. The van der Waals surface area contributed by atoms with Crippen LogP contribution in [0.25, 0.3) is 11.4 Å². The van der Waals surface area contributed by atoms with Crippen molar-refractivity contribution in [3.63, 3.8) is 0 Å². The van der Waals surface area contributed by atoms with Gasteiger partial charge in [-0.05, 0) is 25.0 Å². The van der Waals surface area contributed by atoms with Gasteiger partial charge >= 0.3 is 0 Å². The molecule has 0 unspecified atom stereocenters. The molecule has 0 bridgehead atoms. The summed E-state index contributed by atoms with van der Waals surface area (Å²) in [5.74, 6) is 1.38. The monoisotopic (exact) mass is 286 g/mol. The Morgan fingerprint density at radius 3 is 2.95 bits per heavy atom. The SMILES string of the molecule is CCc1cc(=O)[nH]c(-c2ccc(N3CC[C@H](O)C3)nc2)n1. The van der Waals surface area contributed by atoms with Crippen LogP contribution < -0.4 is 10.5 Å². The predicted molar refractivity (Wildman–Crippen MR) is 80.3 cm³/mol. The number of nitrogens with one attached hydrogen (secondary N) is 1. The van der Waals surface area contributed by atoms with Gasteiger partial charge in [0.05, 0.1) is 6.10 Å². The van der Waals surface area contributed by atoms with Crippen molar-refractivity contribution in [1.82, 2.24) is 15.0 Å². The van der Waals surface area contributed by atoms with E-state index in [0.29, 0.717) is 18.8 Å². The Labute approximate surface area is 122 Å². The first-order valence-corrected chi connectivity index (χ1v) is 7.15. The third-order valence-corrected chi connectivity index (χ3v) is 3.67. The van der Waals surface area contributed by atoms with Gasteiger partial charge in [0.25, 0.3) is 5.56 Å². The van der Waals surface area contributed by atoms with Crippen molar-refractivity contribution >= 4 is 5.82 Å². The minimum atomic E-state index is -0.272. The second-order valence-corrected chi connectivity index (χ2v) is 5.23. The van der Waals surface area contributed by atoms with Crippen molar-refractivity contribution in [2.24, 2.45) is 0 Å². The fourth-order valence-electron chi connectivity index (χ4n) is 2.49. The lowest BCUT2D eigenvalue weighted by Gasteiger charge is -2.16. The molecule has 21 heavy (non-hydrogen) atoms. The van der Waals surface area contributed by atoms with Gasteiger partial charge < -0.3 is 15.0 Å². The van der Waals surface area contributed by atoms with Crippen LogP contribution in [0.15, 0.2) is 29.2 Å². The molecule has 2 aromatic rings. The van der Waals surface area contributed by atoms with Gasteiger partial charge in [0.1, 0.15) is 11.6 Å². The molecule has 0 aliphatic carbocycles. The van der Waals surface area contributed by atoms with Crippen LogP contribution in [-0.2, 0) is 6.42 Å². The van der Waals surface area contributed by atoms with Gasteiger partial charge in [-0.1, -0.05) is 6.92 Å². The average molecular weight is 286 g/mol. The molecule has 0 saturated carbocycles. The molecule has 6 heteroatoms. The fourth-order valence-corrected chi connectivity index (χ4v) is 2.49. The predicted octanol–water partition coefficient (Wildman–Crippen LogP) is 0.965. The Morgan fingerprint density at radius 1 is 1.48 bits per heavy atom. The van der Waals surface area contributed by atoms with Crippen molar-refractivity contribution in [3.8, 4) is 11.4 Å². The Bertz CT molecular complexity index is 681. The van der Waals surface area contributed by atoms with E-state index >= 15 is 0 Å². The van der Waals surface area contributed by atoms with E-state index in [4.69, 9.17) is 0 Å². The van der Waals surface area contributed by atoms with E-state index in [1.807, 2.05) is 24.0 Å². The largest absolute Gasteiger partial charge is 0.391 e. The Kier molecular flexibility index (Phi) is 3.70. The number of hydrogen-bond acceptors (Lipinski definition) is 5. The summed E-state index contributed by atoms with van der Waals surface area (Å²) < 4.78 is 0. The van der Waals surface area contributed by atoms with E-state index < -0.39 is 0 Å². The summed E-state index contributed by atoms with van der Waals surface area (Å²) in [5, 5.41) is 9.56. The summed E-state index contributed by atoms with van der Waals surface area (Å²) in [7, 11) is 0. The van der Waals surface area contributed by atoms with E-state index in [9.17, 15) is 9.90 Å².